The molecule has 2 atom stereocenters. The molecule has 2 heteroatoms. The zero-order valence-corrected chi connectivity index (χ0v) is 11.8. The summed E-state index contributed by atoms with van der Waals surface area (Å²) in [5.74, 6) is 2.36. The smallest absolute Gasteiger partial charge is 0.122 e. The van der Waals surface area contributed by atoms with Crippen LogP contribution in [0.2, 0.25) is 0 Å². The SMILES string of the molecule is CCNC(CCC(C)C)C1COc2ccccc21. The number of benzene rings is 1. The Bertz CT molecular complexity index is 375. The van der Waals surface area contributed by atoms with Gasteiger partial charge in [-0.05, 0) is 31.4 Å². The molecule has 1 aromatic carbocycles. The normalized spacial score (nSPS) is 19.7. The molecule has 1 aliphatic heterocycles. The molecule has 1 N–H and O–H groups in total. The van der Waals surface area contributed by atoms with Crippen molar-refractivity contribution in [2.75, 3.05) is 13.2 Å². The molecule has 2 unspecified atom stereocenters. The Balaban J connectivity index is 2.07. The zero-order chi connectivity index (χ0) is 13.0. The fourth-order valence-electron chi connectivity index (χ4n) is 2.74. The maximum atomic E-state index is 5.81. The van der Waals surface area contributed by atoms with Crippen LogP contribution in [0.5, 0.6) is 5.75 Å². The van der Waals surface area contributed by atoms with Crippen LogP contribution in [0.4, 0.5) is 0 Å². The van der Waals surface area contributed by atoms with E-state index >= 15 is 0 Å². The standard InChI is InChI=1S/C16H25NO/c1-4-17-15(10-9-12(2)3)14-11-18-16-8-6-5-7-13(14)16/h5-8,12,14-15,17H,4,9-11H2,1-3H3. The van der Waals surface area contributed by atoms with Gasteiger partial charge in [-0.2, -0.15) is 0 Å². The zero-order valence-electron chi connectivity index (χ0n) is 11.8. The van der Waals surface area contributed by atoms with Crippen LogP contribution in [0.15, 0.2) is 24.3 Å². The Morgan fingerprint density at radius 1 is 1.28 bits per heavy atom. The number of rotatable bonds is 6. The quantitative estimate of drug-likeness (QED) is 0.829. The van der Waals surface area contributed by atoms with Gasteiger partial charge >= 0.3 is 0 Å². The molecule has 100 valence electrons. The highest BCUT2D eigenvalue weighted by atomic mass is 16.5. The van der Waals surface area contributed by atoms with E-state index in [1.54, 1.807) is 0 Å². The third kappa shape index (κ3) is 3.05. The number of fused-ring (bicyclic) bond motifs is 1. The van der Waals surface area contributed by atoms with E-state index in [1.165, 1.54) is 18.4 Å². The van der Waals surface area contributed by atoms with Gasteiger partial charge in [-0.25, -0.2) is 0 Å². The van der Waals surface area contributed by atoms with E-state index in [1.807, 2.05) is 0 Å². The van der Waals surface area contributed by atoms with Crippen molar-refractivity contribution >= 4 is 0 Å². The molecule has 0 amide bonds. The second-order valence-electron chi connectivity index (χ2n) is 5.59. The number of likely N-dealkylation sites (N-methyl/N-ethyl adjacent to an activating group) is 1. The van der Waals surface area contributed by atoms with E-state index in [0.29, 0.717) is 12.0 Å². The van der Waals surface area contributed by atoms with Crippen molar-refractivity contribution in [1.29, 1.82) is 0 Å². The molecule has 0 saturated carbocycles. The average molecular weight is 247 g/mol. The topological polar surface area (TPSA) is 21.3 Å². The molecule has 0 radical (unpaired) electrons. The highest BCUT2D eigenvalue weighted by molar-refractivity contribution is 5.40. The van der Waals surface area contributed by atoms with Crippen LogP contribution in [0.25, 0.3) is 0 Å². The van der Waals surface area contributed by atoms with Crippen molar-refractivity contribution in [3.05, 3.63) is 29.8 Å². The van der Waals surface area contributed by atoms with Gasteiger partial charge in [-0.1, -0.05) is 39.0 Å². The maximum Gasteiger partial charge on any atom is 0.122 e. The van der Waals surface area contributed by atoms with Crippen molar-refractivity contribution in [1.82, 2.24) is 5.32 Å². The first-order chi connectivity index (χ1) is 8.72. The number of hydrogen-bond acceptors (Lipinski definition) is 2. The molecular weight excluding hydrogens is 222 g/mol. The highest BCUT2D eigenvalue weighted by Crippen LogP contribution is 2.36. The summed E-state index contributed by atoms with van der Waals surface area (Å²) in [6.07, 6.45) is 2.50. The van der Waals surface area contributed by atoms with Gasteiger partial charge in [0.25, 0.3) is 0 Å². The van der Waals surface area contributed by atoms with E-state index in [2.05, 4.69) is 50.4 Å². The third-order valence-electron chi connectivity index (χ3n) is 3.74. The largest absolute Gasteiger partial charge is 0.493 e. The summed E-state index contributed by atoms with van der Waals surface area (Å²) in [5, 5.41) is 3.64. The predicted octanol–water partition coefficient (Wildman–Crippen LogP) is 3.58. The highest BCUT2D eigenvalue weighted by Gasteiger charge is 2.30. The molecule has 2 rings (SSSR count). The molecule has 0 saturated heterocycles. The van der Waals surface area contributed by atoms with Crippen LogP contribution in [-0.2, 0) is 0 Å². The minimum Gasteiger partial charge on any atom is -0.493 e. The summed E-state index contributed by atoms with van der Waals surface area (Å²) in [4.78, 5) is 0. The van der Waals surface area contributed by atoms with E-state index < -0.39 is 0 Å². The summed E-state index contributed by atoms with van der Waals surface area (Å²) >= 11 is 0. The Labute approximate surface area is 111 Å². The van der Waals surface area contributed by atoms with E-state index in [9.17, 15) is 0 Å². The number of para-hydroxylation sites is 1. The van der Waals surface area contributed by atoms with E-state index in [-0.39, 0.29) is 0 Å². The Hall–Kier alpha value is -1.02. The minimum atomic E-state index is 0.514. The predicted molar refractivity (Wildman–Crippen MR) is 76.2 cm³/mol. The van der Waals surface area contributed by atoms with Crippen molar-refractivity contribution in [2.24, 2.45) is 5.92 Å². The van der Waals surface area contributed by atoms with Crippen LogP contribution < -0.4 is 10.1 Å². The number of hydrogen-bond donors (Lipinski definition) is 1. The molecule has 0 bridgehead atoms. The lowest BCUT2D eigenvalue weighted by molar-refractivity contribution is 0.286. The summed E-state index contributed by atoms with van der Waals surface area (Å²) < 4.78 is 5.81. The first-order valence-corrected chi connectivity index (χ1v) is 7.17. The van der Waals surface area contributed by atoms with Gasteiger partial charge in [-0.15, -0.1) is 0 Å². The second-order valence-corrected chi connectivity index (χ2v) is 5.59. The number of ether oxygens (including phenoxy) is 1. The van der Waals surface area contributed by atoms with E-state index in [0.717, 1.165) is 24.8 Å². The van der Waals surface area contributed by atoms with Crippen LogP contribution in [0, 0.1) is 5.92 Å². The summed E-state index contributed by atoms with van der Waals surface area (Å²) in [6, 6.07) is 9.01. The molecule has 1 aromatic rings. The van der Waals surface area contributed by atoms with E-state index in [4.69, 9.17) is 4.74 Å². The monoisotopic (exact) mass is 247 g/mol. The fourth-order valence-corrected chi connectivity index (χ4v) is 2.74. The number of nitrogens with one attached hydrogen (secondary N) is 1. The lowest BCUT2D eigenvalue weighted by Gasteiger charge is -2.24. The maximum absolute atomic E-state index is 5.81. The Kier molecular flexibility index (Phi) is 4.65. The second kappa shape index (κ2) is 6.24. The first-order valence-electron chi connectivity index (χ1n) is 7.17. The molecule has 1 aliphatic rings. The van der Waals surface area contributed by atoms with Crippen LogP contribution in [0.3, 0.4) is 0 Å². The van der Waals surface area contributed by atoms with Gasteiger partial charge in [0.1, 0.15) is 5.75 Å². The molecule has 18 heavy (non-hydrogen) atoms. The molecule has 0 spiro atoms. The molecule has 2 nitrogen and oxygen atoms in total. The third-order valence-corrected chi connectivity index (χ3v) is 3.74. The van der Waals surface area contributed by atoms with Gasteiger partial charge in [0.2, 0.25) is 0 Å². The summed E-state index contributed by atoms with van der Waals surface area (Å²) in [7, 11) is 0. The average Bonchev–Trinajstić information content (AvgIpc) is 2.78. The van der Waals surface area contributed by atoms with Gasteiger partial charge in [0, 0.05) is 17.5 Å². The van der Waals surface area contributed by atoms with Crippen molar-refractivity contribution in [3.63, 3.8) is 0 Å². The Morgan fingerprint density at radius 2 is 2.06 bits per heavy atom. The van der Waals surface area contributed by atoms with Gasteiger partial charge in [-0.3, -0.25) is 0 Å². The molecule has 1 heterocycles. The minimum absolute atomic E-state index is 0.514. The van der Waals surface area contributed by atoms with Gasteiger partial charge < -0.3 is 10.1 Å². The summed E-state index contributed by atoms with van der Waals surface area (Å²) in [5.41, 5.74) is 1.38. The molecule has 0 aromatic heterocycles. The molecular formula is C16H25NO. The van der Waals surface area contributed by atoms with Crippen LogP contribution in [-0.4, -0.2) is 19.2 Å². The molecule has 0 fully saturated rings. The van der Waals surface area contributed by atoms with Crippen molar-refractivity contribution < 1.29 is 4.74 Å². The lowest BCUT2D eigenvalue weighted by Crippen LogP contribution is -2.35. The summed E-state index contributed by atoms with van der Waals surface area (Å²) in [6.45, 7) is 8.63. The van der Waals surface area contributed by atoms with Crippen molar-refractivity contribution in [2.45, 2.75) is 45.6 Å². The fraction of sp³-hybridized carbons (Fsp3) is 0.625. The van der Waals surface area contributed by atoms with Crippen LogP contribution >= 0.6 is 0 Å². The lowest BCUT2D eigenvalue weighted by atomic mass is 9.88. The van der Waals surface area contributed by atoms with Gasteiger partial charge in [0.15, 0.2) is 0 Å². The molecule has 0 aliphatic carbocycles. The van der Waals surface area contributed by atoms with Gasteiger partial charge in [0.05, 0.1) is 6.61 Å². The first kappa shape index (κ1) is 13.4. The van der Waals surface area contributed by atoms with Crippen molar-refractivity contribution in [3.8, 4) is 5.75 Å². The van der Waals surface area contributed by atoms with Crippen LogP contribution in [0.1, 0.15) is 45.1 Å². The Morgan fingerprint density at radius 3 is 2.78 bits per heavy atom.